The summed E-state index contributed by atoms with van der Waals surface area (Å²) in [5.41, 5.74) is 7.51. The summed E-state index contributed by atoms with van der Waals surface area (Å²) in [7, 11) is 0. The van der Waals surface area contributed by atoms with Crippen LogP contribution in [-0.4, -0.2) is 66.0 Å². The number of amides is 2. The Bertz CT molecular complexity index is 1610. The van der Waals surface area contributed by atoms with Crippen molar-refractivity contribution < 1.29 is 19.1 Å². The monoisotopic (exact) mass is 627 g/mol. The van der Waals surface area contributed by atoms with Crippen molar-refractivity contribution >= 4 is 29.0 Å². The first-order valence-corrected chi connectivity index (χ1v) is 16.3. The first-order chi connectivity index (χ1) is 21.7. The van der Waals surface area contributed by atoms with Crippen LogP contribution in [0.3, 0.4) is 0 Å². The van der Waals surface area contributed by atoms with E-state index in [0.717, 1.165) is 46.6 Å². The lowest BCUT2D eigenvalue weighted by Crippen LogP contribution is -2.61. The molecule has 1 N–H and O–H groups in total. The number of aryl methyl sites for hydroxylation is 2. The minimum absolute atomic E-state index is 0.0490. The minimum Gasteiger partial charge on any atom is -0.490 e. The number of carbonyl (C=O) groups is 2. The molecule has 8 heteroatoms. The Morgan fingerprint density at radius 2 is 1.71 bits per heavy atom. The maximum Gasteiger partial charge on any atom is 0.252 e. The van der Waals surface area contributed by atoms with Crippen LogP contribution in [0.5, 0.6) is 11.5 Å². The van der Waals surface area contributed by atoms with Crippen LogP contribution in [0.15, 0.2) is 66.2 Å². The predicted molar refractivity (Wildman–Crippen MR) is 178 cm³/mol. The number of fused-ring (bicyclic) bond motifs is 2. The highest BCUT2D eigenvalue weighted by Gasteiger charge is 2.43. The Morgan fingerprint density at radius 3 is 2.42 bits per heavy atom. The van der Waals surface area contributed by atoms with Crippen molar-refractivity contribution in [3.8, 4) is 11.5 Å². The Kier molecular flexibility index (Phi) is 9.20. The van der Waals surface area contributed by atoms with Crippen molar-refractivity contribution in [2.45, 2.75) is 71.6 Å². The number of piperazine rings is 1. The summed E-state index contributed by atoms with van der Waals surface area (Å²) in [6, 6.07) is 20.1. The Morgan fingerprint density at radius 1 is 0.956 bits per heavy atom. The number of hydrogen-bond donors (Lipinski definition) is 1. The van der Waals surface area contributed by atoms with Gasteiger partial charge in [0.25, 0.3) is 5.91 Å². The third-order valence-corrected chi connectivity index (χ3v) is 9.57. The molecule has 0 aromatic heterocycles. The normalized spacial score (nSPS) is 19.4. The van der Waals surface area contributed by atoms with Crippen LogP contribution in [0.1, 0.15) is 54.0 Å². The predicted octanol–water partition coefficient (Wildman–Crippen LogP) is 6.26. The maximum absolute atomic E-state index is 14.6. The topological polar surface area (TPSA) is 71.1 Å². The molecule has 0 radical (unpaired) electrons. The molecule has 2 aliphatic heterocycles. The standard InChI is InChI=1S/C37H42ClN3O4/c1-23-6-5-7-28(25(23)3)20-41(31-11-12-31)37(43)36-33(19-30-21-40(26(4)42)22-34(36)39-30)27-8-13-32(14-9-27)44-16-17-45-35-15-10-29(38)18-24(35)2/h5-10,13-15,18,30-31,34,39H,11-12,16-17,19-22H2,1-4H3/t30-,34-/m1/s1. The van der Waals surface area contributed by atoms with Gasteiger partial charge in [-0.1, -0.05) is 41.9 Å². The third-order valence-electron chi connectivity index (χ3n) is 9.34. The van der Waals surface area contributed by atoms with Crippen molar-refractivity contribution in [3.63, 3.8) is 0 Å². The maximum atomic E-state index is 14.6. The van der Waals surface area contributed by atoms with E-state index in [1.807, 2.05) is 42.2 Å². The van der Waals surface area contributed by atoms with Crippen molar-refractivity contribution in [3.05, 3.63) is 99.1 Å². The lowest BCUT2D eigenvalue weighted by Gasteiger charge is -2.44. The molecular weight excluding hydrogens is 586 g/mol. The average molecular weight is 628 g/mol. The van der Waals surface area contributed by atoms with E-state index < -0.39 is 0 Å². The van der Waals surface area contributed by atoms with Crippen molar-refractivity contribution in [1.82, 2.24) is 15.1 Å². The number of nitrogens with one attached hydrogen (secondary N) is 1. The van der Waals surface area contributed by atoms with Gasteiger partial charge in [0.2, 0.25) is 5.91 Å². The van der Waals surface area contributed by atoms with Crippen molar-refractivity contribution in [1.29, 1.82) is 0 Å². The third kappa shape index (κ3) is 7.05. The number of carbonyl (C=O) groups excluding carboxylic acids is 2. The molecule has 0 unspecified atom stereocenters. The first-order valence-electron chi connectivity index (χ1n) is 15.9. The molecule has 1 aliphatic carbocycles. The molecule has 3 aromatic rings. The van der Waals surface area contributed by atoms with Gasteiger partial charge in [0, 0.05) is 49.2 Å². The lowest BCUT2D eigenvalue weighted by atomic mass is 9.82. The zero-order chi connectivity index (χ0) is 31.7. The van der Waals surface area contributed by atoms with Gasteiger partial charge in [-0.2, -0.15) is 0 Å². The van der Waals surface area contributed by atoms with Crippen LogP contribution in [0.2, 0.25) is 5.02 Å². The molecule has 2 amide bonds. The van der Waals surface area contributed by atoms with Gasteiger partial charge in [0.15, 0.2) is 0 Å². The van der Waals surface area contributed by atoms with Crippen LogP contribution < -0.4 is 14.8 Å². The smallest absolute Gasteiger partial charge is 0.252 e. The molecule has 6 rings (SSSR count). The van der Waals surface area contributed by atoms with Crippen LogP contribution in [0.4, 0.5) is 0 Å². The van der Waals surface area contributed by atoms with Crippen molar-refractivity contribution in [2.75, 3.05) is 26.3 Å². The Hall–Kier alpha value is -3.81. The van der Waals surface area contributed by atoms with Crippen molar-refractivity contribution in [2.24, 2.45) is 0 Å². The van der Waals surface area contributed by atoms with Gasteiger partial charge in [-0.25, -0.2) is 0 Å². The molecule has 236 valence electrons. The highest BCUT2D eigenvalue weighted by Crippen LogP contribution is 2.38. The van der Waals surface area contributed by atoms with Crippen LogP contribution in [0, 0.1) is 20.8 Å². The van der Waals surface area contributed by atoms with Crippen LogP contribution >= 0.6 is 11.6 Å². The molecule has 1 saturated heterocycles. The van der Waals surface area contributed by atoms with E-state index in [9.17, 15) is 9.59 Å². The second-order valence-electron chi connectivity index (χ2n) is 12.6. The van der Waals surface area contributed by atoms with E-state index in [4.69, 9.17) is 21.1 Å². The highest BCUT2D eigenvalue weighted by atomic mass is 35.5. The molecule has 2 fully saturated rings. The Balaban J connectivity index is 1.24. The largest absolute Gasteiger partial charge is 0.490 e. The van der Waals surface area contributed by atoms with Crippen LogP contribution in [-0.2, 0) is 16.1 Å². The fraction of sp³-hybridized carbons (Fsp3) is 0.405. The number of ether oxygens (including phenoxy) is 2. The van der Waals surface area contributed by atoms with Gasteiger partial charge in [-0.15, -0.1) is 0 Å². The molecule has 3 aliphatic rings. The van der Waals surface area contributed by atoms with Gasteiger partial charge < -0.3 is 24.6 Å². The molecule has 2 atom stereocenters. The van der Waals surface area contributed by atoms with Gasteiger partial charge in [0.05, 0.1) is 6.04 Å². The number of rotatable bonds is 10. The van der Waals surface area contributed by atoms with E-state index in [1.54, 1.807) is 6.92 Å². The quantitative estimate of drug-likeness (QED) is 0.269. The summed E-state index contributed by atoms with van der Waals surface area (Å²) >= 11 is 6.05. The highest BCUT2D eigenvalue weighted by molar-refractivity contribution is 6.30. The number of hydrogen-bond acceptors (Lipinski definition) is 5. The van der Waals surface area contributed by atoms with E-state index in [-0.39, 0.29) is 29.9 Å². The average Bonchev–Trinajstić information content (AvgIpc) is 3.86. The summed E-state index contributed by atoms with van der Waals surface area (Å²) in [5, 5.41) is 4.37. The van der Waals surface area contributed by atoms with E-state index in [1.165, 1.54) is 16.7 Å². The number of nitrogens with zero attached hydrogens (tertiary/aromatic N) is 2. The van der Waals surface area contributed by atoms with Gasteiger partial charge in [0.1, 0.15) is 24.7 Å². The zero-order valence-corrected chi connectivity index (χ0v) is 27.3. The number of benzene rings is 3. The molecule has 1 saturated carbocycles. The van der Waals surface area contributed by atoms with Gasteiger partial charge in [-0.05, 0) is 104 Å². The zero-order valence-electron chi connectivity index (χ0n) is 26.6. The van der Waals surface area contributed by atoms with Crippen LogP contribution in [0.25, 0.3) is 5.57 Å². The van der Waals surface area contributed by atoms with E-state index >= 15 is 0 Å². The van der Waals surface area contributed by atoms with E-state index in [2.05, 4.69) is 54.4 Å². The molecule has 7 nitrogen and oxygen atoms in total. The SMILES string of the molecule is CC(=O)N1C[C@H]2CC(c3ccc(OCCOc4ccc(Cl)cc4C)cc3)=C(C(=O)N(Cc3cccc(C)c3C)C3CC3)[C@@H](C1)N2. The lowest BCUT2D eigenvalue weighted by molar-refractivity contribution is -0.132. The molecule has 3 aromatic carbocycles. The second kappa shape index (κ2) is 13.3. The van der Waals surface area contributed by atoms with Gasteiger partial charge in [-0.3, -0.25) is 9.59 Å². The fourth-order valence-corrected chi connectivity index (χ4v) is 6.76. The number of halogens is 1. The molecule has 0 spiro atoms. The summed E-state index contributed by atoms with van der Waals surface area (Å²) in [6.45, 7) is 10.4. The molecular formula is C37H42ClN3O4. The molecule has 2 heterocycles. The summed E-state index contributed by atoms with van der Waals surface area (Å²) in [6.07, 6.45) is 2.72. The summed E-state index contributed by atoms with van der Waals surface area (Å²) in [5.74, 6) is 1.66. The second-order valence-corrected chi connectivity index (χ2v) is 13.0. The summed E-state index contributed by atoms with van der Waals surface area (Å²) in [4.78, 5) is 31.0. The van der Waals surface area contributed by atoms with Gasteiger partial charge >= 0.3 is 0 Å². The Labute approximate surface area is 271 Å². The molecule has 45 heavy (non-hydrogen) atoms. The van der Waals surface area contributed by atoms with E-state index in [0.29, 0.717) is 44.3 Å². The molecule has 2 bridgehead atoms. The summed E-state index contributed by atoms with van der Waals surface area (Å²) < 4.78 is 11.9. The first kappa shape index (κ1) is 31.2. The fourth-order valence-electron chi connectivity index (χ4n) is 6.54. The minimum atomic E-state index is -0.215.